The first-order valence-electron chi connectivity index (χ1n) is 17.2. The van der Waals surface area contributed by atoms with Gasteiger partial charge in [-0.15, -0.1) is 0 Å². The third kappa shape index (κ3) is 5.84. The van der Waals surface area contributed by atoms with Crippen LogP contribution in [0.3, 0.4) is 0 Å². The fraction of sp³-hybridized carbons (Fsp3) is 0.333. The number of carbonyl (C=O) groups excluding carboxylic acids is 2. The molecule has 4 N–H and O–H groups in total. The minimum atomic E-state index is -3.11. The summed E-state index contributed by atoms with van der Waals surface area (Å²) >= 11 is 0. The Morgan fingerprint density at radius 1 is 0.902 bits per heavy atom. The molecule has 0 spiro atoms. The fourth-order valence-electron chi connectivity index (χ4n) is 8.67. The second-order valence-electron chi connectivity index (χ2n) is 14.9. The lowest BCUT2D eigenvalue weighted by Gasteiger charge is -2.48. The molecular formula is C39H41BFNO8Si. The van der Waals surface area contributed by atoms with Crippen LogP contribution in [0.15, 0.2) is 103 Å². The maximum absolute atomic E-state index is 14.6. The van der Waals surface area contributed by atoms with Crippen LogP contribution in [-0.4, -0.2) is 59.9 Å². The first-order valence-corrected chi connectivity index (χ1v) is 19.1. The standard InChI is InChI=1S/C39H41BFNO8Si/c1-38(2,3)51(28-13-6-4-7-14-28,29-15-8-5-9-16-29)49-23-25-20-30-35(37(45)42(36(30)44)27-12-10-11-26(21-27)40(47)48)31-22-34(50-39(25,31)46)24-17-18-33(43)32(41)19-24/h4-19,21,25,30-31,34-35,43,46-48H,20,22-23H2,1-3H3/t25-,30+,31+,34+,35+,39-/m1/s1. The molecule has 9 nitrogen and oxygen atoms in total. The zero-order chi connectivity index (χ0) is 36.3. The Balaban J connectivity index is 1.31. The minimum absolute atomic E-state index is 0.00776. The average molecular weight is 710 g/mol. The van der Waals surface area contributed by atoms with Crippen molar-refractivity contribution in [1.82, 2.24) is 0 Å². The highest BCUT2D eigenvalue weighted by molar-refractivity contribution is 6.99. The van der Waals surface area contributed by atoms with E-state index in [0.717, 1.165) is 21.3 Å². The number of phenols is 1. The Morgan fingerprint density at radius 2 is 1.55 bits per heavy atom. The zero-order valence-corrected chi connectivity index (χ0v) is 29.6. The van der Waals surface area contributed by atoms with E-state index >= 15 is 0 Å². The Labute approximate surface area is 297 Å². The van der Waals surface area contributed by atoms with E-state index in [0.29, 0.717) is 5.56 Å². The van der Waals surface area contributed by atoms with Crippen molar-refractivity contribution in [3.05, 3.63) is 115 Å². The van der Waals surface area contributed by atoms with Gasteiger partial charge in [0.05, 0.1) is 23.6 Å². The molecule has 0 radical (unpaired) electrons. The second kappa shape index (κ2) is 13.1. The number of fused-ring (bicyclic) bond motifs is 3. The van der Waals surface area contributed by atoms with Gasteiger partial charge in [-0.3, -0.25) is 14.5 Å². The normalized spacial score (nSPS) is 26.3. The van der Waals surface area contributed by atoms with E-state index in [9.17, 15) is 34.2 Å². The number of ether oxygens (including phenoxy) is 1. The molecule has 12 heteroatoms. The maximum atomic E-state index is 14.6. The van der Waals surface area contributed by atoms with Crippen molar-refractivity contribution in [1.29, 1.82) is 0 Å². The number of hydrogen-bond donors (Lipinski definition) is 4. The highest BCUT2D eigenvalue weighted by Gasteiger charge is 2.67. The molecule has 0 bridgehead atoms. The van der Waals surface area contributed by atoms with Gasteiger partial charge >= 0.3 is 7.12 Å². The summed E-state index contributed by atoms with van der Waals surface area (Å²) in [5, 5.41) is 43.9. The Kier molecular flexibility index (Phi) is 9.06. The van der Waals surface area contributed by atoms with Gasteiger partial charge in [-0.25, -0.2) is 4.39 Å². The van der Waals surface area contributed by atoms with Crippen molar-refractivity contribution in [2.45, 2.75) is 50.5 Å². The molecule has 7 rings (SSSR count). The summed E-state index contributed by atoms with van der Waals surface area (Å²) in [4.78, 5) is 29.6. The van der Waals surface area contributed by atoms with E-state index in [2.05, 4.69) is 45.0 Å². The van der Waals surface area contributed by atoms with Gasteiger partial charge in [0, 0.05) is 18.4 Å². The molecule has 2 saturated heterocycles. The van der Waals surface area contributed by atoms with Crippen LogP contribution >= 0.6 is 0 Å². The number of hydrogen-bond acceptors (Lipinski definition) is 8. The number of carbonyl (C=O) groups is 2. The van der Waals surface area contributed by atoms with E-state index in [-0.39, 0.29) is 35.6 Å². The summed E-state index contributed by atoms with van der Waals surface area (Å²) < 4.78 is 28.3. The lowest BCUT2D eigenvalue weighted by atomic mass is 9.64. The predicted molar refractivity (Wildman–Crippen MR) is 192 cm³/mol. The van der Waals surface area contributed by atoms with Gasteiger partial charge < -0.3 is 29.4 Å². The number of nitrogens with zero attached hydrogens (tertiary/aromatic N) is 1. The molecule has 3 fully saturated rings. The topological polar surface area (TPSA) is 137 Å². The van der Waals surface area contributed by atoms with Crippen LogP contribution in [0.5, 0.6) is 5.75 Å². The summed E-state index contributed by atoms with van der Waals surface area (Å²) in [6.45, 7) is 6.44. The SMILES string of the molecule is CC(C)(C)[Si](OC[C@H]1C[C@@H]2C(=O)N(c3cccc(B(O)O)c3)C(=O)[C@@H]2[C@@H]2C[C@@H](c3ccc(O)c(F)c3)O[C@]12O)(c1ccccc1)c1ccccc1. The van der Waals surface area contributed by atoms with Gasteiger partial charge in [-0.1, -0.05) is 99.6 Å². The van der Waals surface area contributed by atoms with Crippen molar-refractivity contribution in [3.8, 4) is 5.75 Å². The molecule has 4 aromatic carbocycles. The van der Waals surface area contributed by atoms with Crippen LogP contribution in [0.2, 0.25) is 5.04 Å². The van der Waals surface area contributed by atoms with Crippen LogP contribution in [0.1, 0.15) is 45.3 Å². The molecule has 6 atom stereocenters. The first-order chi connectivity index (χ1) is 24.3. The molecule has 0 unspecified atom stereocenters. The molecule has 51 heavy (non-hydrogen) atoms. The number of benzene rings is 4. The number of aliphatic hydroxyl groups is 1. The van der Waals surface area contributed by atoms with Crippen molar-refractivity contribution in [2.75, 3.05) is 11.5 Å². The van der Waals surface area contributed by atoms with E-state index in [1.54, 1.807) is 6.07 Å². The molecule has 1 saturated carbocycles. The Bertz CT molecular complexity index is 1900. The van der Waals surface area contributed by atoms with Crippen LogP contribution in [0.25, 0.3) is 0 Å². The average Bonchev–Trinajstić information content (AvgIpc) is 3.59. The number of halogens is 1. The monoisotopic (exact) mass is 709 g/mol. The summed E-state index contributed by atoms with van der Waals surface area (Å²) in [6.07, 6.45) is -0.649. The summed E-state index contributed by atoms with van der Waals surface area (Å²) in [5.41, 5.74) is 0.703. The van der Waals surface area contributed by atoms with Crippen LogP contribution in [0.4, 0.5) is 10.1 Å². The molecular weight excluding hydrogens is 668 g/mol. The van der Waals surface area contributed by atoms with E-state index in [4.69, 9.17) is 9.16 Å². The second-order valence-corrected chi connectivity index (χ2v) is 19.2. The Morgan fingerprint density at radius 3 is 2.14 bits per heavy atom. The number of amides is 2. The van der Waals surface area contributed by atoms with Gasteiger partial charge in [0.25, 0.3) is 8.32 Å². The van der Waals surface area contributed by atoms with E-state index < -0.39 is 74.4 Å². The highest BCUT2D eigenvalue weighted by atomic mass is 28.4. The summed E-state index contributed by atoms with van der Waals surface area (Å²) in [6, 6.07) is 30.0. The van der Waals surface area contributed by atoms with E-state index in [1.807, 2.05) is 36.4 Å². The number of aromatic hydroxyl groups is 1. The quantitative estimate of drug-likeness (QED) is 0.162. The first kappa shape index (κ1) is 35.2. The molecule has 0 aromatic heterocycles. The van der Waals surface area contributed by atoms with Gasteiger partial charge in [-0.05, 0) is 63.5 Å². The van der Waals surface area contributed by atoms with Crippen molar-refractivity contribution in [3.63, 3.8) is 0 Å². The molecule has 3 aliphatic rings. The maximum Gasteiger partial charge on any atom is 0.488 e. The number of anilines is 1. The third-order valence-corrected chi connectivity index (χ3v) is 16.1. The predicted octanol–water partition coefficient (Wildman–Crippen LogP) is 3.38. The number of phenolic OH excluding ortho intramolecular Hbond substituents is 1. The zero-order valence-electron chi connectivity index (χ0n) is 28.6. The number of imide groups is 1. The van der Waals surface area contributed by atoms with Crippen molar-refractivity contribution in [2.24, 2.45) is 23.7 Å². The van der Waals surface area contributed by atoms with Gasteiger partial charge in [0.15, 0.2) is 17.4 Å². The molecule has 2 heterocycles. The van der Waals surface area contributed by atoms with Crippen molar-refractivity contribution < 1.29 is 43.4 Å². The van der Waals surface area contributed by atoms with Crippen LogP contribution < -0.4 is 20.7 Å². The lowest BCUT2D eigenvalue weighted by Crippen LogP contribution is -2.67. The Hall–Kier alpha value is -4.17. The molecule has 264 valence electrons. The van der Waals surface area contributed by atoms with Crippen LogP contribution in [0, 0.1) is 29.5 Å². The smallest absolute Gasteiger partial charge is 0.488 e. The van der Waals surface area contributed by atoms with Gasteiger partial charge in [0.2, 0.25) is 11.8 Å². The van der Waals surface area contributed by atoms with Gasteiger partial charge in [-0.2, -0.15) is 0 Å². The third-order valence-electron chi connectivity index (χ3n) is 11.1. The minimum Gasteiger partial charge on any atom is -0.505 e. The fourth-order valence-corrected chi connectivity index (χ4v) is 13.3. The van der Waals surface area contributed by atoms with Crippen molar-refractivity contribution >= 4 is 48.8 Å². The molecule has 1 aliphatic carbocycles. The largest absolute Gasteiger partial charge is 0.505 e. The molecule has 2 amide bonds. The molecule has 2 aliphatic heterocycles. The highest BCUT2D eigenvalue weighted by Crippen LogP contribution is 2.59. The lowest BCUT2D eigenvalue weighted by molar-refractivity contribution is -0.273. The van der Waals surface area contributed by atoms with Crippen LogP contribution in [-0.2, 0) is 18.8 Å². The van der Waals surface area contributed by atoms with E-state index in [1.165, 1.54) is 30.3 Å². The summed E-state index contributed by atoms with van der Waals surface area (Å²) in [7, 11) is -4.91. The summed E-state index contributed by atoms with van der Waals surface area (Å²) in [5.74, 6) is -7.67. The van der Waals surface area contributed by atoms with Gasteiger partial charge in [0.1, 0.15) is 0 Å². The molecule has 4 aromatic rings. The number of rotatable bonds is 8.